The van der Waals surface area contributed by atoms with Crippen LogP contribution in [0.15, 0.2) is 0 Å². The summed E-state index contributed by atoms with van der Waals surface area (Å²) >= 11 is 0. The topological polar surface area (TPSA) is 193 Å². The molecule has 0 bridgehead atoms. The van der Waals surface area contributed by atoms with E-state index in [1.54, 1.807) is 0 Å². The zero-order valence-corrected chi connectivity index (χ0v) is 10.0. The van der Waals surface area contributed by atoms with E-state index in [1.807, 2.05) is 0 Å². The Hall–Kier alpha value is -2.20. The highest BCUT2D eigenvalue weighted by Gasteiger charge is 2.41. The summed E-state index contributed by atoms with van der Waals surface area (Å²) in [5.74, 6) is -6.32. The first-order chi connectivity index (χ1) is 8.08. The Morgan fingerprint density at radius 3 is 1.89 bits per heavy atom. The highest BCUT2D eigenvalue weighted by molar-refractivity contribution is 5.89. The number of carboxylic acid groups (broad SMARTS) is 3. The molecule has 0 aliphatic rings. The van der Waals surface area contributed by atoms with Gasteiger partial charge in [0.15, 0.2) is 11.7 Å². The van der Waals surface area contributed by atoms with Gasteiger partial charge in [-0.3, -0.25) is 9.59 Å². The summed E-state index contributed by atoms with van der Waals surface area (Å²) in [6.45, 7) is 1.03. The van der Waals surface area contributed by atoms with Gasteiger partial charge < -0.3 is 31.3 Å². The first kappa shape index (κ1) is 19.1. The number of hydrogen-bond acceptors (Lipinski definition) is 7. The van der Waals surface area contributed by atoms with Gasteiger partial charge in [0.1, 0.15) is 0 Å². The van der Waals surface area contributed by atoms with Gasteiger partial charge in [-0.25, -0.2) is 9.59 Å². The van der Waals surface area contributed by atoms with Crippen LogP contribution in [-0.2, 0) is 23.9 Å². The molecule has 0 heterocycles. The van der Waals surface area contributed by atoms with Crippen LogP contribution in [0.25, 0.3) is 0 Å². The molecule has 0 radical (unpaired) electrons. The number of ether oxygens (including phenoxy) is 1. The molecule has 0 saturated heterocycles. The normalized spacial score (nSPS) is 14.4. The number of carbonyl (C=O) groups is 4. The molecular weight excluding hydrogens is 266 g/mol. The zero-order chi connectivity index (χ0) is 14.5. The van der Waals surface area contributed by atoms with Crippen LogP contribution in [0.1, 0.15) is 19.8 Å². The summed E-state index contributed by atoms with van der Waals surface area (Å²) in [6, 6.07) is 0. The van der Waals surface area contributed by atoms with Gasteiger partial charge >= 0.3 is 23.9 Å². The Labute approximate surface area is 107 Å². The third kappa shape index (κ3) is 6.33. The van der Waals surface area contributed by atoms with Crippen LogP contribution in [0.4, 0.5) is 0 Å². The second kappa shape index (κ2) is 7.28. The molecule has 19 heavy (non-hydrogen) atoms. The number of carbonyl (C=O) groups excluding carboxylic acids is 1. The van der Waals surface area contributed by atoms with Crippen LogP contribution in [0.5, 0.6) is 0 Å². The monoisotopic (exact) mass is 281 g/mol. The molecule has 10 nitrogen and oxygen atoms in total. The van der Waals surface area contributed by atoms with Crippen LogP contribution in [0, 0.1) is 0 Å². The second-order valence-electron chi connectivity index (χ2n) is 3.55. The van der Waals surface area contributed by atoms with Gasteiger partial charge in [-0.15, -0.1) is 0 Å². The van der Waals surface area contributed by atoms with Crippen molar-refractivity contribution in [3.8, 4) is 0 Å². The third-order valence-electron chi connectivity index (χ3n) is 1.93. The molecule has 0 spiro atoms. The number of carboxylic acids is 3. The average molecular weight is 281 g/mol. The van der Waals surface area contributed by atoms with Crippen molar-refractivity contribution in [1.82, 2.24) is 6.15 Å². The highest BCUT2D eigenvalue weighted by Crippen LogP contribution is 2.17. The molecule has 2 atom stereocenters. The number of aliphatic hydroxyl groups is 1. The SMILES string of the molecule is CC(OC(=O)CC(O)(CC(=O)O)C(=O)O)C(=O)O.N. The molecule has 0 saturated carbocycles. The summed E-state index contributed by atoms with van der Waals surface area (Å²) in [5.41, 5.74) is -2.83. The lowest BCUT2D eigenvalue weighted by atomic mass is 9.96. The second-order valence-corrected chi connectivity index (χ2v) is 3.55. The number of rotatable bonds is 7. The summed E-state index contributed by atoms with van der Waals surface area (Å²) < 4.78 is 4.28. The van der Waals surface area contributed by atoms with Crippen molar-refractivity contribution in [2.24, 2.45) is 0 Å². The van der Waals surface area contributed by atoms with Gasteiger partial charge in [0, 0.05) is 0 Å². The van der Waals surface area contributed by atoms with Crippen LogP contribution in [0.3, 0.4) is 0 Å². The number of aliphatic carboxylic acids is 3. The van der Waals surface area contributed by atoms with E-state index in [-0.39, 0.29) is 6.15 Å². The van der Waals surface area contributed by atoms with E-state index in [0.717, 1.165) is 6.92 Å². The molecule has 0 amide bonds. The standard InChI is InChI=1S/C9H12O9.H3N/c1-4(7(13)14)18-6(12)3-9(17,8(15)16)2-5(10)11;/h4,17H,2-3H2,1H3,(H,10,11)(H,13,14)(H,15,16);1H3. The lowest BCUT2D eigenvalue weighted by Crippen LogP contribution is -2.43. The molecular formula is C9H15NO9. The van der Waals surface area contributed by atoms with E-state index in [2.05, 4.69) is 4.74 Å². The average Bonchev–Trinajstić information content (AvgIpc) is 2.14. The van der Waals surface area contributed by atoms with Crippen molar-refractivity contribution < 1.29 is 44.3 Å². The molecule has 0 rings (SSSR count). The maximum Gasteiger partial charge on any atom is 0.344 e. The van der Waals surface area contributed by atoms with Gasteiger partial charge in [0.2, 0.25) is 0 Å². The molecule has 0 aliphatic carbocycles. The predicted molar refractivity (Wildman–Crippen MR) is 57.7 cm³/mol. The fraction of sp³-hybridized carbons (Fsp3) is 0.556. The van der Waals surface area contributed by atoms with Gasteiger partial charge in [-0.05, 0) is 6.92 Å². The first-order valence-corrected chi connectivity index (χ1v) is 4.68. The zero-order valence-electron chi connectivity index (χ0n) is 10.0. The predicted octanol–water partition coefficient (Wildman–Crippen LogP) is -1.15. The van der Waals surface area contributed by atoms with E-state index in [9.17, 15) is 24.3 Å². The fourth-order valence-corrected chi connectivity index (χ4v) is 0.992. The van der Waals surface area contributed by atoms with Gasteiger partial charge in [0.25, 0.3) is 0 Å². The first-order valence-electron chi connectivity index (χ1n) is 4.68. The number of esters is 1. The van der Waals surface area contributed by atoms with Crippen LogP contribution < -0.4 is 6.15 Å². The molecule has 110 valence electrons. The molecule has 0 aromatic carbocycles. The molecule has 0 aromatic heterocycles. The molecule has 0 aliphatic heterocycles. The summed E-state index contributed by atoms with van der Waals surface area (Å²) in [6.07, 6.45) is -3.90. The van der Waals surface area contributed by atoms with Crippen molar-refractivity contribution >= 4 is 23.9 Å². The molecule has 0 fully saturated rings. The number of hydrogen-bond donors (Lipinski definition) is 5. The van der Waals surface area contributed by atoms with Crippen molar-refractivity contribution in [2.45, 2.75) is 31.5 Å². The minimum absolute atomic E-state index is 0. The highest BCUT2D eigenvalue weighted by atomic mass is 16.6. The Kier molecular flexibility index (Phi) is 7.34. The molecule has 7 N–H and O–H groups in total. The fourth-order valence-electron chi connectivity index (χ4n) is 0.992. The van der Waals surface area contributed by atoms with E-state index < -0.39 is 48.4 Å². The van der Waals surface area contributed by atoms with Crippen molar-refractivity contribution in [3.63, 3.8) is 0 Å². The van der Waals surface area contributed by atoms with Crippen LogP contribution >= 0.6 is 0 Å². The Bertz CT molecular complexity index is 380. The minimum Gasteiger partial charge on any atom is -0.481 e. The lowest BCUT2D eigenvalue weighted by Gasteiger charge is -2.20. The minimum atomic E-state index is -2.83. The summed E-state index contributed by atoms with van der Waals surface area (Å²) in [7, 11) is 0. The summed E-state index contributed by atoms with van der Waals surface area (Å²) in [4.78, 5) is 42.6. The Balaban J connectivity index is 0. The molecule has 10 heteroatoms. The van der Waals surface area contributed by atoms with Crippen molar-refractivity contribution in [3.05, 3.63) is 0 Å². The smallest absolute Gasteiger partial charge is 0.344 e. The van der Waals surface area contributed by atoms with Gasteiger partial charge in [-0.2, -0.15) is 0 Å². The van der Waals surface area contributed by atoms with E-state index in [1.165, 1.54) is 0 Å². The Morgan fingerprint density at radius 2 is 1.58 bits per heavy atom. The largest absolute Gasteiger partial charge is 0.481 e. The van der Waals surface area contributed by atoms with E-state index >= 15 is 0 Å². The maximum atomic E-state index is 11.2. The summed E-state index contributed by atoms with van der Waals surface area (Å²) in [5, 5.41) is 34.9. The van der Waals surface area contributed by atoms with Crippen molar-refractivity contribution in [1.29, 1.82) is 0 Å². The third-order valence-corrected chi connectivity index (χ3v) is 1.93. The molecule has 0 aromatic rings. The van der Waals surface area contributed by atoms with Gasteiger partial charge in [-0.1, -0.05) is 0 Å². The van der Waals surface area contributed by atoms with E-state index in [0.29, 0.717) is 0 Å². The van der Waals surface area contributed by atoms with Crippen LogP contribution in [-0.4, -0.2) is 56.0 Å². The quantitative estimate of drug-likeness (QED) is 0.355. The van der Waals surface area contributed by atoms with Gasteiger partial charge in [0.05, 0.1) is 12.8 Å². The van der Waals surface area contributed by atoms with Crippen LogP contribution in [0.2, 0.25) is 0 Å². The molecule has 2 unspecified atom stereocenters. The van der Waals surface area contributed by atoms with E-state index in [4.69, 9.17) is 15.3 Å². The lowest BCUT2D eigenvalue weighted by molar-refractivity contribution is -0.176. The Morgan fingerprint density at radius 1 is 1.11 bits per heavy atom. The maximum absolute atomic E-state index is 11.2. The van der Waals surface area contributed by atoms with Crippen molar-refractivity contribution in [2.75, 3.05) is 0 Å².